The summed E-state index contributed by atoms with van der Waals surface area (Å²) in [5.74, 6) is 0.946. The smallest absolute Gasteiger partial charge is 0.250 e. The van der Waals surface area contributed by atoms with E-state index in [1.54, 1.807) is 22.9 Å². The highest BCUT2D eigenvalue weighted by atomic mass is 16.1. The average Bonchev–Trinajstić information content (AvgIpc) is 2.74. The number of fused-ring (bicyclic) bond motifs is 1. The van der Waals surface area contributed by atoms with Crippen LogP contribution in [0.3, 0.4) is 0 Å². The molecule has 3 rings (SSSR count). The van der Waals surface area contributed by atoms with Crippen molar-refractivity contribution in [2.45, 2.75) is 13.0 Å². The van der Waals surface area contributed by atoms with Gasteiger partial charge in [0.05, 0.1) is 11.0 Å². The lowest BCUT2D eigenvalue weighted by Crippen LogP contribution is -2.19. The van der Waals surface area contributed by atoms with Gasteiger partial charge in [-0.15, -0.1) is 0 Å². The highest BCUT2D eigenvalue weighted by molar-refractivity contribution is 5.79. The van der Waals surface area contributed by atoms with Gasteiger partial charge in [-0.1, -0.05) is 6.07 Å². The Kier molecular flexibility index (Phi) is 3.02. The van der Waals surface area contributed by atoms with Crippen LogP contribution in [0.25, 0.3) is 11.0 Å². The fraction of sp³-hybridized carbons (Fsp3) is 0.200. The van der Waals surface area contributed by atoms with Crippen LogP contribution in [0, 0.1) is 0 Å². The average molecular weight is 268 g/mol. The molecule has 2 heterocycles. The van der Waals surface area contributed by atoms with E-state index in [9.17, 15) is 4.79 Å². The number of pyridine rings is 1. The molecule has 0 fully saturated rings. The topological polar surface area (TPSA) is 65.8 Å². The number of imidazole rings is 1. The summed E-state index contributed by atoms with van der Waals surface area (Å²) in [5, 5.41) is 0. The van der Waals surface area contributed by atoms with Crippen molar-refractivity contribution < 1.29 is 0 Å². The predicted molar refractivity (Wildman–Crippen MR) is 79.5 cm³/mol. The minimum absolute atomic E-state index is 0.00973. The number of rotatable bonds is 3. The van der Waals surface area contributed by atoms with Gasteiger partial charge < -0.3 is 14.9 Å². The zero-order valence-corrected chi connectivity index (χ0v) is 11.3. The second kappa shape index (κ2) is 4.85. The lowest BCUT2D eigenvalue weighted by Gasteiger charge is -2.05. The molecule has 0 atom stereocenters. The number of benzene rings is 1. The first-order valence-corrected chi connectivity index (χ1v) is 6.51. The Morgan fingerprint density at radius 3 is 2.90 bits per heavy atom. The fourth-order valence-corrected chi connectivity index (χ4v) is 2.36. The summed E-state index contributed by atoms with van der Waals surface area (Å²) in [6.07, 6.45) is 2.50. The molecule has 0 aliphatic rings. The van der Waals surface area contributed by atoms with Crippen molar-refractivity contribution in [1.29, 1.82) is 0 Å². The van der Waals surface area contributed by atoms with Gasteiger partial charge in [-0.05, 0) is 24.3 Å². The summed E-state index contributed by atoms with van der Waals surface area (Å²) in [6, 6.07) is 10.9. The first-order chi connectivity index (χ1) is 9.65. The van der Waals surface area contributed by atoms with Crippen LogP contribution in [-0.2, 0) is 20.0 Å². The van der Waals surface area contributed by atoms with Crippen LogP contribution in [0.2, 0.25) is 0 Å². The number of hydrogen-bond donors (Lipinski definition) is 1. The number of hydrogen-bond acceptors (Lipinski definition) is 3. The first-order valence-electron chi connectivity index (χ1n) is 6.51. The maximum absolute atomic E-state index is 11.7. The fourth-order valence-electron chi connectivity index (χ4n) is 2.36. The van der Waals surface area contributed by atoms with E-state index >= 15 is 0 Å². The Labute approximate surface area is 116 Å². The standard InChI is InChI=1S/C15H16N4O/c1-18-13-6-5-11(16)10-12(13)17-14(18)7-9-19-8-3-2-4-15(19)20/h2-6,8,10H,7,9,16H2,1H3. The van der Waals surface area contributed by atoms with E-state index in [4.69, 9.17) is 5.73 Å². The molecule has 0 bridgehead atoms. The normalized spacial score (nSPS) is 11.1. The van der Waals surface area contributed by atoms with Crippen LogP contribution in [0.5, 0.6) is 0 Å². The van der Waals surface area contributed by atoms with E-state index in [2.05, 4.69) is 4.98 Å². The third-order valence-electron chi connectivity index (χ3n) is 3.47. The molecule has 5 heteroatoms. The van der Waals surface area contributed by atoms with Crippen molar-refractivity contribution in [3.8, 4) is 0 Å². The zero-order chi connectivity index (χ0) is 14.1. The Balaban J connectivity index is 1.90. The molecule has 0 aliphatic carbocycles. The monoisotopic (exact) mass is 268 g/mol. The van der Waals surface area contributed by atoms with Gasteiger partial charge in [0, 0.05) is 38.0 Å². The summed E-state index contributed by atoms with van der Waals surface area (Å²) < 4.78 is 3.73. The van der Waals surface area contributed by atoms with Crippen molar-refractivity contribution >= 4 is 16.7 Å². The molecular weight excluding hydrogens is 252 g/mol. The SMILES string of the molecule is Cn1c(CCn2ccccc2=O)nc2cc(N)ccc21. The van der Waals surface area contributed by atoms with Crippen molar-refractivity contribution in [2.75, 3.05) is 5.73 Å². The van der Waals surface area contributed by atoms with Crippen molar-refractivity contribution in [2.24, 2.45) is 7.05 Å². The van der Waals surface area contributed by atoms with Gasteiger partial charge >= 0.3 is 0 Å². The third kappa shape index (κ3) is 2.18. The molecule has 2 N–H and O–H groups in total. The molecule has 20 heavy (non-hydrogen) atoms. The Morgan fingerprint density at radius 1 is 1.25 bits per heavy atom. The van der Waals surface area contributed by atoms with Crippen LogP contribution in [-0.4, -0.2) is 14.1 Å². The van der Waals surface area contributed by atoms with Crippen molar-refractivity contribution in [3.63, 3.8) is 0 Å². The minimum atomic E-state index is 0.00973. The summed E-state index contributed by atoms with van der Waals surface area (Å²) in [4.78, 5) is 16.2. The quantitative estimate of drug-likeness (QED) is 0.733. The molecule has 0 amide bonds. The second-order valence-electron chi connectivity index (χ2n) is 4.82. The van der Waals surface area contributed by atoms with E-state index in [-0.39, 0.29) is 5.56 Å². The van der Waals surface area contributed by atoms with Crippen LogP contribution < -0.4 is 11.3 Å². The van der Waals surface area contributed by atoms with Crippen molar-refractivity contribution in [1.82, 2.24) is 14.1 Å². The van der Waals surface area contributed by atoms with Crippen LogP contribution in [0.15, 0.2) is 47.4 Å². The van der Waals surface area contributed by atoms with Gasteiger partial charge in [0.15, 0.2) is 0 Å². The number of nitrogens with two attached hydrogens (primary N) is 1. The summed E-state index contributed by atoms with van der Waals surface area (Å²) in [7, 11) is 1.98. The number of aromatic nitrogens is 3. The second-order valence-corrected chi connectivity index (χ2v) is 4.82. The molecule has 5 nitrogen and oxygen atoms in total. The largest absolute Gasteiger partial charge is 0.399 e. The van der Waals surface area contributed by atoms with E-state index in [0.29, 0.717) is 18.7 Å². The first kappa shape index (κ1) is 12.5. The lowest BCUT2D eigenvalue weighted by atomic mass is 10.3. The molecule has 0 aliphatic heterocycles. The predicted octanol–water partition coefficient (Wildman–Crippen LogP) is 1.56. The molecule has 0 saturated heterocycles. The summed E-state index contributed by atoms with van der Waals surface area (Å²) in [5.41, 5.74) is 8.43. The van der Waals surface area contributed by atoms with E-state index < -0.39 is 0 Å². The molecule has 0 unspecified atom stereocenters. The molecule has 3 aromatic rings. The van der Waals surface area contributed by atoms with Gasteiger partial charge in [-0.2, -0.15) is 0 Å². The maximum atomic E-state index is 11.7. The molecule has 1 aromatic carbocycles. The highest BCUT2D eigenvalue weighted by Gasteiger charge is 2.08. The van der Waals surface area contributed by atoms with Gasteiger partial charge in [-0.3, -0.25) is 4.79 Å². The lowest BCUT2D eigenvalue weighted by molar-refractivity contribution is 0.635. The zero-order valence-electron chi connectivity index (χ0n) is 11.3. The number of nitrogen functional groups attached to an aromatic ring is 1. The van der Waals surface area contributed by atoms with Gasteiger partial charge in [0.25, 0.3) is 5.56 Å². The molecular formula is C15H16N4O. The Morgan fingerprint density at radius 2 is 2.10 bits per heavy atom. The Hall–Kier alpha value is -2.56. The van der Waals surface area contributed by atoms with Crippen LogP contribution >= 0.6 is 0 Å². The number of aryl methyl sites for hydroxylation is 3. The number of nitrogens with zero attached hydrogens (tertiary/aromatic N) is 3. The molecule has 2 aromatic heterocycles. The van der Waals surface area contributed by atoms with E-state index in [0.717, 1.165) is 16.9 Å². The molecule has 0 spiro atoms. The van der Waals surface area contributed by atoms with Crippen LogP contribution in [0.1, 0.15) is 5.82 Å². The van der Waals surface area contributed by atoms with Gasteiger partial charge in [0.1, 0.15) is 5.82 Å². The van der Waals surface area contributed by atoms with Crippen molar-refractivity contribution in [3.05, 3.63) is 58.8 Å². The van der Waals surface area contributed by atoms with E-state index in [1.807, 2.05) is 35.9 Å². The van der Waals surface area contributed by atoms with Crippen LogP contribution in [0.4, 0.5) is 5.69 Å². The molecule has 102 valence electrons. The maximum Gasteiger partial charge on any atom is 0.250 e. The summed E-state index contributed by atoms with van der Waals surface area (Å²) >= 11 is 0. The van der Waals surface area contributed by atoms with Gasteiger partial charge in [-0.25, -0.2) is 4.98 Å². The summed E-state index contributed by atoms with van der Waals surface area (Å²) in [6.45, 7) is 0.617. The Bertz CT molecular complexity index is 816. The molecule has 0 saturated carbocycles. The van der Waals surface area contributed by atoms with Gasteiger partial charge in [0.2, 0.25) is 0 Å². The number of anilines is 1. The third-order valence-corrected chi connectivity index (χ3v) is 3.47. The highest BCUT2D eigenvalue weighted by Crippen LogP contribution is 2.18. The van der Waals surface area contributed by atoms with E-state index in [1.165, 1.54) is 0 Å². The molecule has 0 radical (unpaired) electrons. The minimum Gasteiger partial charge on any atom is -0.399 e.